The van der Waals surface area contributed by atoms with Crippen LogP contribution in [0.3, 0.4) is 0 Å². The molecular formula is C13H19NO2. The maximum absolute atomic E-state index is 11.8. The zero-order valence-corrected chi connectivity index (χ0v) is 9.89. The van der Waals surface area contributed by atoms with Crippen molar-refractivity contribution in [2.24, 2.45) is 0 Å². The van der Waals surface area contributed by atoms with Gasteiger partial charge >= 0.3 is 0 Å². The standard InChI is InChI=1S/C13H19NO2/c1-3-14(4-2)13(16)10-12(15)11-8-6-5-7-9-11/h5-9,12,15H,3-4,10H2,1-2H3. The molecule has 0 aromatic heterocycles. The number of nitrogens with zero attached hydrogens (tertiary/aromatic N) is 1. The summed E-state index contributed by atoms with van der Waals surface area (Å²) in [4.78, 5) is 13.5. The summed E-state index contributed by atoms with van der Waals surface area (Å²) in [7, 11) is 0. The van der Waals surface area contributed by atoms with Crippen molar-refractivity contribution in [3.63, 3.8) is 0 Å². The Morgan fingerprint density at radius 3 is 2.31 bits per heavy atom. The number of hydrogen-bond acceptors (Lipinski definition) is 2. The van der Waals surface area contributed by atoms with Gasteiger partial charge in [-0.15, -0.1) is 0 Å². The average molecular weight is 221 g/mol. The molecule has 16 heavy (non-hydrogen) atoms. The third kappa shape index (κ3) is 3.35. The van der Waals surface area contributed by atoms with Crippen molar-refractivity contribution < 1.29 is 9.90 Å². The van der Waals surface area contributed by atoms with Crippen LogP contribution in [0.25, 0.3) is 0 Å². The number of benzene rings is 1. The van der Waals surface area contributed by atoms with E-state index in [4.69, 9.17) is 0 Å². The summed E-state index contributed by atoms with van der Waals surface area (Å²) in [5.41, 5.74) is 0.794. The molecule has 0 aliphatic carbocycles. The lowest BCUT2D eigenvalue weighted by atomic mass is 10.1. The van der Waals surface area contributed by atoms with Gasteiger partial charge in [-0.25, -0.2) is 0 Å². The van der Waals surface area contributed by atoms with Gasteiger partial charge in [0.1, 0.15) is 0 Å². The van der Waals surface area contributed by atoms with E-state index in [0.29, 0.717) is 13.1 Å². The van der Waals surface area contributed by atoms with Gasteiger partial charge in [0, 0.05) is 13.1 Å². The van der Waals surface area contributed by atoms with Crippen LogP contribution in [-0.4, -0.2) is 29.0 Å². The Labute approximate surface area is 96.7 Å². The Bertz CT molecular complexity index is 320. The molecule has 1 N–H and O–H groups in total. The molecule has 1 amide bonds. The number of aliphatic hydroxyl groups excluding tert-OH is 1. The molecule has 0 bridgehead atoms. The minimum absolute atomic E-state index is 0.00125. The zero-order valence-electron chi connectivity index (χ0n) is 9.89. The van der Waals surface area contributed by atoms with E-state index in [1.165, 1.54) is 0 Å². The van der Waals surface area contributed by atoms with E-state index in [9.17, 15) is 9.90 Å². The first-order valence-electron chi connectivity index (χ1n) is 5.69. The van der Waals surface area contributed by atoms with E-state index in [1.807, 2.05) is 44.2 Å². The van der Waals surface area contributed by atoms with Gasteiger partial charge in [0.2, 0.25) is 5.91 Å². The smallest absolute Gasteiger partial charge is 0.225 e. The third-order valence-corrected chi connectivity index (χ3v) is 2.67. The second kappa shape index (κ2) is 6.28. The fourth-order valence-electron chi connectivity index (χ4n) is 1.66. The molecular weight excluding hydrogens is 202 g/mol. The largest absolute Gasteiger partial charge is 0.388 e. The van der Waals surface area contributed by atoms with Crippen molar-refractivity contribution in [3.8, 4) is 0 Å². The average Bonchev–Trinajstić information content (AvgIpc) is 2.31. The van der Waals surface area contributed by atoms with Gasteiger partial charge in [0.15, 0.2) is 0 Å². The minimum Gasteiger partial charge on any atom is -0.388 e. The Balaban J connectivity index is 2.58. The molecule has 1 aromatic carbocycles. The van der Waals surface area contributed by atoms with Crippen molar-refractivity contribution in [2.45, 2.75) is 26.4 Å². The molecule has 0 radical (unpaired) electrons. The van der Waals surface area contributed by atoms with Crippen LogP contribution in [0.15, 0.2) is 30.3 Å². The fourth-order valence-corrected chi connectivity index (χ4v) is 1.66. The van der Waals surface area contributed by atoms with E-state index < -0.39 is 6.10 Å². The highest BCUT2D eigenvalue weighted by molar-refractivity contribution is 5.76. The van der Waals surface area contributed by atoms with Gasteiger partial charge in [0.05, 0.1) is 12.5 Å². The number of amides is 1. The lowest BCUT2D eigenvalue weighted by molar-refractivity contribution is -0.132. The van der Waals surface area contributed by atoms with Crippen LogP contribution in [-0.2, 0) is 4.79 Å². The van der Waals surface area contributed by atoms with Crippen LogP contribution in [0.1, 0.15) is 31.9 Å². The van der Waals surface area contributed by atoms with Crippen LogP contribution >= 0.6 is 0 Å². The van der Waals surface area contributed by atoms with Crippen LogP contribution in [0.4, 0.5) is 0 Å². The summed E-state index contributed by atoms with van der Waals surface area (Å²) in [6.45, 7) is 5.26. The number of carbonyl (C=O) groups excluding carboxylic acids is 1. The molecule has 1 rings (SSSR count). The molecule has 0 saturated heterocycles. The Morgan fingerprint density at radius 2 is 1.81 bits per heavy atom. The number of carbonyl (C=O) groups is 1. The number of hydrogen-bond donors (Lipinski definition) is 1. The van der Waals surface area contributed by atoms with Crippen molar-refractivity contribution in [3.05, 3.63) is 35.9 Å². The van der Waals surface area contributed by atoms with Gasteiger partial charge in [-0.05, 0) is 19.4 Å². The third-order valence-electron chi connectivity index (χ3n) is 2.67. The van der Waals surface area contributed by atoms with Gasteiger partial charge < -0.3 is 10.0 Å². The van der Waals surface area contributed by atoms with Gasteiger partial charge in [-0.3, -0.25) is 4.79 Å². The fraction of sp³-hybridized carbons (Fsp3) is 0.462. The summed E-state index contributed by atoms with van der Waals surface area (Å²) in [6.07, 6.45) is -0.541. The molecule has 0 fully saturated rings. The molecule has 3 nitrogen and oxygen atoms in total. The molecule has 0 spiro atoms. The van der Waals surface area contributed by atoms with Crippen molar-refractivity contribution in [2.75, 3.05) is 13.1 Å². The van der Waals surface area contributed by atoms with Crippen LogP contribution < -0.4 is 0 Å². The van der Waals surface area contributed by atoms with E-state index in [1.54, 1.807) is 4.90 Å². The Morgan fingerprint density at radius 1 is 1.25 bits per heavy atom. The normalized spacial score (nSPS) is 12.2. The zero-order chi connectivity index (χ0) is 12.0. The lowest BCUT2D eigenvalue weighted by Crippen LogP contribution is -2.31. The lowest BCUT2D eigenvalue weighted by Gasteiger charge is -2.20. The first-order chi connectivity index (χ1) is 7.69. The molecule has 1 atom stereocenters. The topological polar surface area (TPSA) is 40.5 Å². The molecule has 3 heteroatoms. The SMILES string of the molecule is CCN(CC)C(=O)CC(O)c1ccccc1. The van der Waals surface area contributed by atoms with Crippen molar-refractivity contribution in [1.82, 2.24) is 4.90 Å². The second-order valence-electron chi connectivity index (χ2n) is 3.70. The van der Waals surface area contributed by atoms with E-state index >= 15 is 0 Å². The molecule has 0 aliphatic heterocycles. The van der Waals surface area contributed by atoms with E-state index in [0.717, 1.165) is 5.56 Å². The highest BCUT2D eigenvalue weighted by Crippen LogP contribution is 2.16. The van der Waals surface area contributed by atoms with Crippen LogP contribution in [0.5, 0.6) is 0 Å². The molecule has 1 unspecified atom stereocenters. The highest BCUT2D eigenvalue weighted by atomic mass is 16.3. The number of rotatable bonds is 5. The summed E-state index contributed by atoms with van der Waals surface area (Å²) < 4.78 is 0. The molecule has 0 aliphatic rings. The van der Waals surface area contributed by atoms with Gasteiger partial charge in [0.25, 0.3) is 0 Å². The monoisotopic (exact) mass is 221 g/mol. The Kier molecular flexibility index (Phi) is 4.99. The quantitative estimate of drug-likeness (QED) is 0.826. The maximum Gasteiger partial charge on any atom is 0.225 e. The van der Waals surface area contributed by atoms with Crippen molar-refractivity contribution in [1.29, 1.82) is 0 Å². The first-order valence-corrected chi connectivity index (χ1v) is 5.69. The predicted molar refractivity (Wildman–Crippen MR) is 63.9 cm³/mol. The van der Waals surface area contributed by atoms with Gasteiger partial charge in [-0.2, -0.15) is 0 Å². The molecule has 1 aromatic rings. The minimum atomic E-state index is -0.700. The summed E-state index contributed by atoms with van der Waals surface area (Å²) in [6, 6.07) is 9.28. The summed E-state index contributed by atoms with van der Waals surface area (Å²) in [5.74, 6) is 0.00125. The van der Waals surface area contributed by atoms with Crippen LogP contribution in [0.2, 0.25) is 0 Å². The Hall–Kier alpha value is -1.35. The molecule has 0 heterocycles. The summed E-state index contributed by atoms with van der Waals surface area (Å²) >= 11 is 0. The highest BCUT2D eigenvalue weighted by Gasteiger charge is 2.16. The predicted octanol–water partition coefficient (Wildman–Crippen LogP) is 1.98. The van der Waals surface area contributed by atoms with E-state index in [-0.39, 0.29) is 12.3 Å². The van der Waals surface area contributed by atoms with E-state index in [2.05, 4.69) is 0 Å². The first kappa shape index (κ1) is 12.7. The van der Waals surface area contributed by atoms with Gasteiger partial charge in [-0.1, -0.05) is 30.3 Å². The van der Waals surface area contributed by atoms with Crippen molar-refractivity contribution >= 4 is 5.91 Å². The van der Waals surface area contributed by atoms with Crippen LogP contribution in [0, 0.1) is 0 Å². The molecule has 0 saturated carbocycles. The summed E-state index contributed by atoms with van der Waals surface area (Å²) in [5, 5.41) is 9.88. The maximum atomic E-state index is 11.8. The molecule has 88 valence electrons. The second-order valence-corrected chi connectivity index (χ2v) is 3.70. The number of aliphatic hydroxyl groups is 1.